The lowest BCUT2D eigenvalue weighted by molar-refractivity contribution is -0.132. The normalized spacial score (nSPS) is 13.6. The van der Waals surface area contributed by atoms with Crippen LogP contribution in [-0.2, 0) is 4.79 Å². The van der Waals surface area contributed by atoms with E-state index in [2.05, 4.69) is 55.6 Å². The largest absolute Gasteiger partial charge is 0.394 e. The van der Waals surface area contributed by atoms with Gasteiger partial charge in [-0.05, 0) is 70.6 Å². The van der Waals surface area contributed by atoms with Crippen molar-refractivity contribution in [2.75, 3.05) is 6.61 Å². The van der Waals surface area contributed by atoms with E-state index in [1.165, 1.54) is 321 Å². The minimum absolute atomic E-state index is 0.365. The summed E-state index contributed by atoms with van der Waals surface area (Å²) in [7, 11) is 0. The van der Waals surface area contributed by atoms with E-state index in [-0.39, 0.29) is 0 Å². The third-order valence-corrected chi connectivity index (χ3v) is 17.1. The lowest BCUT2D eigenvalue weighted by atomic mass is 10.00. The second kappa shape index (κ2) is 67.3. The van der Waals surface area contributed by atoms with Crippen molar-refractivity contribution in [3.05, 3.63) is 36.5 Å². The molecule has 0 fully saturated rings. The molecule has 6 nitrogen and oxygen atoms in total. The van der Waals surface area contributed by atoms with E-state index < -0.39 is 36.9 Å². The molecule has 0 radical (unpaired) electrons. The fourth-order valence-electron chi connectivity index (χ4n) is 11.5. The molecule has 0 rings (SSSR count). The molecule has 4 atom stereocenters. The third kappa shape index (κ3) is 60.9. The van der Waals surface area contributed by atoms with Crippen LogP contribution in [0.15, 0.2) is 36.5 Å². The Morgan fingerprint density at radius 3 is 0.835 bits per heavy atom. The van der Waals surface area contributed by atoms with Crippen molar-refractivity contribution >= 4 is 5.91 Å². The van der Waals surface area contributed by atoms with Gasteiger partial charge in [0, 0.05) is 0 Å². The number of carbonyl (C=O) groups is 1. The molecule has 0 aliphatic rings. The molecule has 6 heteroatoms. The summed E-state index contributed by atoms with van der Waals surface area (Å²) in [6.45, 7) is 4.10. The molecule has 0 saturated heterocycles. The van der Waals surface area contributed by atoms with Crippen molar-refractivity contribution in [2.24, 2.45) is 0 Å². The summed E-state index contributed by atoms with van der Waals surface area (Å²) in [6.07, 6.45) is 87.1. The molecule has 0 aliphatic carbocycles. The average molecular weight is 1110 g/mol. The van der Waals surface area contributed by atoms with Gasteiger partial charge in [0.1, 0.15) is 12.2 Å². The van der Waals surface area contributed by atoms with E-state index in [0.29, 0.717) is 12.8 Å². The number of carbonyl (C=O) groups excluding carboxylic acids is 1. The predicted octanol–water partition coefficient (Wildman–Crippen LogP) is 22.3. The molecule has 0 aromatic rings. The summed E-state index contributed by atoms with van der Waals surface area (Å²) in [5.74, 6) is -0.587. The SMILES string of the molecule is CCCCCCCCCCCCCCC/C=C\C/C=C\CCCCCCCCCCCCCCCCCCC(O)C(=O)NC(CO)C(O)C(O)CCC/C=C/CCCCCCCCCCCCCCCCCCCCCCCC. The molecule has 79 heavy (non-hydrogen) atoms. The van der Waals surface area contributed by atoms with Crippen molar-refractivity contribution < 1.29 is 25.2 Å². The summed E-state index contributed by atoms with van der Waals surface area (Å²) in [4.78, 5) is 12.7. The topological polar surface area (TPSA) is 110 Å². The van der Waals surface area contributed by atoms with Gasteiger partial charge in [-0.3, -0.25) is 4.79 Å². The summed E-state index contributed by atoms with van der Waals surface area (Å²) < 4.78 is 0. The van der Waals surface area contributed by atoms with Crippen molar-refractivity contribution in [1.29, 1.82) is 0 Å². The molecular weight excluding hydrogens is 971 g/mol. The minimum atomic E-state index is -1.28. The van der Waals surface area contributed by atoms with Crippen LogP contribution in [0.4, 0.5) is 0 Å². The zero-order valence-electron chi connectivity index (χ0n) is 53.4. The summed E-state index contributed by atoms with van der Waals surface area (Å²) in [5, 5.41) is 44.2. The molecule has 468 valence electrons. The van der Waals surface area contributed by atoms with Gasteiger partial charge in [-0.2, -0.15) is 0 Å². The molecule has 0 aliphatic heterocycles. The van der Waals surface area contributed by atoms with Crippen molar-refractivity contribution in [3.63, 3.8) is 0 Å². The van der Waals surface area contributed by atoms with E-state index >= 15 is 0 Å². The number of aliphatic hydroxyl groups excluding tert-OH is 4. The number of hydrogen-bond donors (Lipinski definition) is 5. The fourth-order valence-corrected chi connectivity index (χ4v) is 11.5. The Hall–Kier alpha value is -1.47. The monoisotopic (exact) mass is 1110 g/mol. The molecular formula is C73H141NO5. The van der Waals surface area contributed by atoms with Crippen molar-refractivity contribution in [3.8, 4) is 0 Å². The van der Waals surface area contributed by atoms with Gasteiger partial charge in [-0.15, -0.1) is 0 Å². The van der Waals surface area contributed by atoms with Crippen molar-refractivity contribution in [1.82, 2.24) is 5.32 Å². The first-order chi connectivity index (χ1) is 39.0. The zero-order valence-corrected chi connectivity index (χ0v) is 53.4. The van der Waals surface area contributed by atoms with Gasteiger partial charge in [0.15, 0.2) is 0 Å². The molecule has 5 N–H and O–H groups in total. The Labute approximate surface area is 494 Å². The quantitative estimate of drug-likeness (QED) is 0.0308. The van der Waals surface area contributed by atoms with Gasteiger partial charge < -0.3 is 25.7 Å². The van der Waals surface area contributed by atoms with Crippen LogP contribution in [0.5, 0.6) is 0 Å². The highest BCUT2D eigenvalue weighted by Gasteiger charge is 2.28. The number of amides is 1. The van der Waals surface area contributed by atoms with Crippen LogP contribution in [0, 0.1) is 0 Å². The van der Waals surface area contributed by atoms with Gasteiger partial charge in [-0.1, -0.05) is 359 Å². The van der Waals surface area contributed by atoms with Crippen LogP contribution < -0.4 is 5.32 Å². The summed E-state index contributed by atoms with van der Waals surface area (Å²) >= 11 is 0. The average Bonchev–Trinajstić information content (AvgIpc) is 3.45. The van der Waals surface area contributed by atoms with Crippen LogP contribution in [-0.4, -0.2) is 57.3 Å². The fraction of sp³-hybridized carbons (Fsp3) is 0.904. The molecule has 0 bridgehead atoms. The van der Waals surface area contributed by atoms with E-state index in [1.807, 2.05) is 0 Å². The Kier molecular flexibility index (Phi) is 66.1. The van der Waals surface area contributed by atoms with Gasteiger partial charge in [-0.25, -0.2) is 0 Å². The smallest absolute Gasteiger partial charge is 0.249 e. The number of allylic oxidation sites excluding steroid dienone is 6. The zero-order chi connectivity index (χ0) is 57.3. The maximum absolute atomic E-state index is 12.7. The third-order valence-electron chi connectivity index (χ3n) is 17.1. The lowest BCUT2D eigenvalue weighted by Crippen LogP contribution is -2.53. The molecule has 0 saturated carbocycles. The number of hydrogen-bond acceptors (Lipinski definition) is 5. The van der Waals surface area contributed by atoms with Crippen LogP contribution in [0.3, 0.4) is 0 Å². The standard InChI is InChI=1S/C73H141NO5/c1-3-5-7-9-11-13-15-17-19-21-23-25-27-29-31-32-33-34-35-36-37-38-39-41-43-45-47-49-51-53-55-57-59-61-63-65-67-71(77)73(79)74-69(68-75)72(78)70(76)66-64-62-60-58-56-54-52-50-48-46-44-42-40-30-28-26-24-22-20-18-16-14-12-10-8-6-4-2/h31-32,34-35,58,60,69-72,75-78H,3-30,33,36-57,59,61-68H2,1-2H3,(H,74,79)/b32-31-,35-34-,60-58+. The highest BCUT2D eigenvalue weighted by atomic mass is 16.3. The second-order valence-electron chi connectivity index (χ2n) is 24.9. The molecule has 4 unspecified atom stereocenters. The summed E-state index contributed by atoms with van der Waals surface area (Å²) in [5.41, 5.74) is 0. The van der Waals surface area contributed by atoms with Gasteiger partial charge in [0.25, 0.3) is 0 Å². The number of nitrogens with one attached hydrogen (secondary N) is 1. The van der Waals surface area contributed by atoms with E-state index in [0.717, 1.165) is 44.9 Å². The number of aliphatic hydroxyl groups is 4. The van der Waals surface area contributed by atoms with Gasteiger partial charge >= 0.3 is 0 Å². The first-order valence-corrected chi connectivity index (χ1v) is 35.9. The van der Waals surface area contributed by atoms with E-state index in [1.54, 1.807) is 0 Å². The second-order valence-corrected chi connectivity index (χ2v) is 24.9. The number of unbranched alkanes of at least 4 members (excludes halogenated alkanes) is 52. The van der Waals surface area contributed by atoms with Gasteiger partial charge in [0.2, 0.25) is 5.91 Å². The Morgan fingerprint density at radius 1 is 0.316 bits per heavy atom. The molecule has 1 amide bonds. The maximum Gasteiger partial charge on any atom is 0.249 e. The first-order valence-electron chi connectivity index (χ1n) is 35.9. The van der Waals surface area contributed by atoms with E-state index in [4.69, 9.17) is 0 Å². The maximum atomic E-state index is 12.7. The van der Waals surface area contributed by atoms with E-state index in [9.17, 15) is 25.2 Å². The van der Waals surface area contributed by atoms with Crippen LogP contribution in [0.1, 0.15) is 393 Å². The molecule has 0 aromatic heterocycles. The Balaban J connectivity index is 3.56. The van der Waals surface area contributed by atoms with Crippen LogP contribution in [0.25, 0.3) is 0 Å². The molecule has 0 heterocycles. The minimum Gasteiger partial charge on any atom is -0.394 e. The summed E-state index contributed by atoms with van der Waals surface area (Å²) in [6, 6.07) is -1.00. The first kappa shape index (κ1) is 77.5. The Bertz CT molecular complexity index is 1250. The molecule has 0 aromatic carbocycles. The van der Waals surface area contributed by atoms with Crippen molar-refractivity contribution in [2.45, 2.75) is 417 Å². The highest BCUT2D eigenvalue weighted by molar-refractivity contribution is 5.80. The Morgan fingerprint density at radius 2 is 0.557 bits per heavy atom. The lowest BCUT2D eigenvalue weighted by Gasteiger charge is -2.27. The van der Waals surface area contributed by atoms with Crippen LogP contribution >= 0.6 is 0 Å². The number of rotatable bonds is 67. The predicted molar refractivity (Wildman–Crippen MR) is 348 cm³/mol. The van der Waals surface area contributed by atoms with Gasteiger partial charge in [0.05, 0.1) is 18.8 Å². The highest BCUT2D eigenvalue weighted by Crippen LogP contribution is 2.19. The van der Waals surface area contributed by atoms with Crippen LogP contribution in [0.2, 0.25) is 0 Å². The molecule has 0 spiro atoms.